The summed E-state index contributed by atoms with van der Waals surface area (Å²) in [6.45, 7) is 3.56. The molecule has 6 heteroatoms. The van der Waals surface area contributed by atoms with E-state index < -0.39 is 0 Å². The maximum absolute atomic E-state index is 12.7. The standard InChI is InChI=1S/C21H20N4O2/c1-15-12-24(14-19(26)17-5-3-2-4-6-17)21-23-18(11-20(27)25(21)13-15)16-7-9-22-10-8-16/h2-11,15H,12-14H2,1H3. The topological polar surface area (TPSA) is 68.1 Å². The first-order valence-corrected chi connectivity index (χ1v) is 8.97. The zero-order valence-corrected chi connectivity index (χ0v) is 15.1. The van der Waals surface area contributed by atoms with E-state index in [4.69, 9.17) is 4.98 Å². The molecule has 1 aliphatic rings. The van der Waals surface area contributed by atoms with Crippen LogP contribution in [0.4, 0.5) is 5.95 Å². The van der Waals surface area contributed by atoms with Gasteiger partial charge in [-0.15, -0.1) is 0 Å². The van der Waals surface area contributed by atoms with E-state index in [0.717, 1.165) is 5.56 Å². The van der Waals surface area contributed by atoms with Gasteiger partial charge in [-0.3, -0.25) is 19.1 Å². The van der Waals surface area contributed by atoms with Gasteiger partial charge >= 0.3 is 0 Å². The third-order valence-electron chi connectivity index (χ3n) is 4.70. The molecular formula is C21H20N4O2. The summed E-state index contributed by atoms with van der Waals surface area (Å²) < 4.78 is 1.66. The number of ketones is 1. The van der Waals surface area contributed by atoms with Crippen LogP contribution in [0.1, 0.15) is 17.3 Å². The molecule has 4 rings (SSSR count). The van der Waals surface area contributed by atoms with Crippen molar-refractivity contribution in [3.63, 3.8) is 0 Å². The molecule has 0 radical (unpaired) electrons. The maximum Gasteiger partial charge on any atom is 0.255 e. The van der Waals surface area contributed by atoms with Crippen LogP contribution in [0.25, 0.3) is 11.3 Å². The average molecular weight is 360 g/mol. The molecule has 0 saturated carbocycles. The van der Waals surface area contributed by atoms with Crippen molar-refractivity contribution < 1.29 is 4.79 Å². The highest BCUT2D eigenvalue weighted by atomic mass is 16.1. The Balaban J connectivity index is 1.72. The van der Waals surface area contributed by atoms with E-state index in [9.17, 15) is 9.59 Å². The number of anilines is 1. The van der Waals surface area contributed by atoms with Crippen LogP contribution >= 0.6 is 0 Å². The number of carbonyl (C=O) groups excluding carboxylic acids is 1. The van der Waals surface area contributed by atoms with Gasteiger partial charge in [0.15, 0.2) is 5.78 Å². The van der Waals surface area contributed by atoms with E-state index in [0.29, 0.717) is 30.3 Å². The lowest BCUT2D eigenvalue weighted by Gasteiger charge is -2.34. The van der Waals surface area contributed by atoms with Crippen molar-refractivity contribution >= 4 is 11.7 Å². The summed E-state index contributed by atoms with van der Waals surface area (Å²) in [7, 11) is 0. The molecule has 0 spiro atoms. The zero-order valence-electron chi connectivity index (χ0n) is 15.1. The number of fused-ring (bicyclic) bond motifs is 1. The van der Waals surface area contributed by atoms with Gasteiger partial charge in [-0.05, 0) is 18.1 Å². The Kier molecular flexibility index (Phi) is 4.54. The Morgan fingerprint density at radius 3 is 2.59 bits per heavy atom. The normalized spacial score (nSPS) is 16.0. The molecule has 27 heavy (non-hydrogen) atoms. The molecule has 0 N–H and O–H groups in total. The Hall–Kier alpha value is -3.28. The second kappa shape index (κ2) is 7.15. The highest BCUT2D eigenvalue weighted by Gasteiger charge is 2.26. The number of hydrogen-bond donors (Lipinski definition) is 0. The molecule has 6 nitrogen and oxygen atoms in total. The minimum absolute atomic E-state index is 0.0137. The van der Waals surface area contributed by atoms with Crippen molar-refractivity contribution in [3.05, 3.63) is 76.8 Å². The van der Waals surface area contributed by atoms with Gasteiger partial charge in [-0.2, -0.15) is 0 Å². The monoisotopic (exact) mass is 360 g/mol. The fraction of sp³-hybridized carbons (Fsp3) is 0.238. The molecule has 0 fully saturated rings. The Morgan fingerprint density at radius 1 is 1.11 bits per heavy atom. The predicted molar refractivity (Wildman–Crippen MR) is 104 cm³/mol. The van der Waals surface area contributed by atoms with Crippen LogP contribution in [0.15, 0.2) is 65.7 Å². The van der Waals surface area contributed by atoms with Gasteiger partial charge in [0.25, 0.3) is 5.56 Å². The number of nitrogens with zero attached hydrogens (tertiary/aromatic N) is 4. The number of Topliss-reactive ketones (excluding diaryl/α,β-unsaturated/α-hetero) is 1. The highest BCUT2D eigenvalue weighted by molar-refractivity contribution is 5.99. The number of aromatic nitrogens is 3. The first kappa shape index (κ1) is 17.1. The fourth-order valence-electron chi connectivity index (χ4n) is 3.43. The molecule has 0 amide bonds. The van der Waals surface area contributed by atoms with Crippen molar-refractivity contribution in [3.8, 4) is 11.3 Å². The third kappa shape index (κ3) is 3.51. The summed E-state index contributed by atoms with van der Waals surface area (Å²) in [5.41, 5.74) is 1.99. The summed E-state index contributed by atoms with van der Waals surface area (Å²) in [6, 6.07) is 14.4. The van der Waals surface area contributed by atoms with Gasteiger partial charge < -0.3 is 4.90 Å². The average Bonchev–Trinajstić information content (AvgIpc) is 2.70. The second-order valence-corrected chi connectivity index (χ2v) is 6.90. The maximum atomic E-state index is 12.7. The van der Waals surface area contributed by atoms with E-state index in [2.05, 4.69) is 11.9 Å². The Morgan fingerprint density at radius 2 is 1.85 bits per heavy atom. The number of hydrogen-bond acceptors (Lipinski definition) is 5. The van der Waals surface area contributed by atoms with Crippen molar-refractivity contribution in [1.82, 2.24) is 14.5 Å². The molecule has 0 bridgehead atoms. The van der Waals surface area contributed by atoms with Crippen LogP contribution in [0.2, 0.25) is 0 Å². The van der Waals surface area contributed by atoms with E-state index >= 15 is 0 Å². The molecule has 136 valence electrons. The van der Waals surface area contributed by atoms with Crippen LogP contribution in [-0.2, 0) is 6.54 Å². The molecule has 3 aromatic rings. The largest absolute Gasteiger partial charge is 0.334 e. The van der Waals surface area contributed by atoms with E-state index in [-0.39, 0.29) is 23.8 Å². The van der Waals surface area contributed by atoms with Crippen LogP contribution in [0, 0.1) is 5.92 Å². The molecule has 1 aromatic carbocycles. The first-order chi connectivity index (χ1) is 13.1. The molecule has 3 heterocycles. The quantitative estimate of drug-likeness (QED) is 0.669. The highest BCUT2D eigenvalue weighted by Crippen LogP contribution is 2.24. The number of rotatable bonds is 4. The number of pyridine rings is 1. The van der Waals surface area contributed by atoms with Crippen LogP contribution in [-0.4, -0.2) is 33.4 Å². The van der Waals surface area contributed by atoms with Crippen molar-refractivity contribution in [2.75, 3.05) is 18.0 Å². The van der Waals surface area contributed by atoms with Crippen molar-refractivity contribution in [2.45, 2.75) is 13.5 Å². The van der Waals surface area contributed by atoms with Gasteiger partial charge in [-0.1, -0.05) is 37.3 Å². The predicted octanol–water partition coefficient (Wildman–Crippen LogP) is 2.64. The summed E-state index contributed by atoms with van der Waals surface area (Å²) in [5, 5.41) is 0. The van der Waals surface area contributed by atoms with Gasteiger partial charge in [0, 0.05) is 42.7 Å². The van der Waals surface area contributed by atoms with Crippen LogP contribution in [0.5, 0.6) is 0 Å². The first-order valence-electron chi connectivity index (χ1n) is 8.97. The second-order valence-electron chi connectivity index (χ2n) is 6.90. The number of carbonyl (C=O) groups is 1. The third-order valence-corrected chi connectivity index (χ3v) is 4.70. The lowest BCUT2D eigenvalue weighted by molar-refractivity contribution is 0.0996. The molecule has 0 aliphatic carbocycles. The van der Waals surface area contributed by atoms with Gasteiger partial charge in [0.05, 0.1) is 12.2 Å². The zero-order chi connectivity index (χ0) is 18.8. The van der Waals surface area contributed by atoms with Crippen LogP contribution < -0.4 is 10.5 Å². The Labute approximate surface area is 157 Å². The smallest absolute Gasteiger partial charge is 0.255 e. The van der Waals surface area contributed by atoms with Crippen molar-refractivity contribution in [2.24, 2.45) is 5.92 Å². The lowest BCUT2D eigenvalue weighted by Crippen LogP contribution is -2.44. The Bertz CT molecular complexity index is 1020. The molecular weight excluding hydrogens is 340 g/mol. The van der Waals surface area contributed by atoms with Crippen LogP contribution in [0.3, 0.4) is 0 Å². The fourth-order valence-corrected chi connectivity index (χ4v) is 3.43. The molecule has 1 unspecified atom stereocenters. The molecule has 1 atom stereocenters. The van der Waals surface area contributed by atoms with Gasteiger partial charge in [0.2, 0.25) is 5.95 Å². The summed E-state index contributed by atoms with van der Waals surface area (Å²) >= 11 is 0. The summed E-state index contributed by atoms with van der Waals surface area (Å²) in [4.78, 5) is 36.0. The SMILES string of the molecule is CC1CN(CC(=O)c2ccccc2)c2nc(-c3ccncc3)cc(=O)n2C1. The molecule has 0 saturated heterocycles. The van der Waals surface area contributed by atoms with Crippen molar-refractivity contribution in [1.29, 1.82) is 0 Å². The summed E-state index contributed by atoms with van der Waals surface area (Å²) in [6.07, 6.45) is 3.35. The minimum Gasteiger partial charge on any atom is -0.334 e. The van der Waals surface area contributed by atoms with E-state index in [1.54, 1.807) is 23.0 Å². The molecule has 2 aromatic heterocycles. The molecule has 1 aliphatic heterocycles. The van der Waals surface area contributed by atoms with E-state index in [1.807, 2.05) is 47.4 Å². The van der Waals surface area contributed by atoms with Gasteiger partial charge in [0.1, 0.15) is 0 Å². The lowest BCUT2D eigenvalue weighted by atomic mass is 10.1. The summed E-state index contributed by atoms with van der Waals surface area (Å²) in [5.74, 6) is 0.823. The number of benzene rings is 1. The minimum atomic E-state index is -0.101. The van der Waals surface area contributed by atoms with E-state index in [1.165, 1.54) is 0 Å². The van der Waals surface area contributed by atoms with Gasteiger partial charge in [-0.25, -0.2) is 4.98 Å².